The highest BCUT2D eigenvalue weighted by Crippen LogP contribution is 2.40. The molecule has 1 aliphatic carbocycles. The SMILES string of the molecule is C=CCCC=CN(c1cc(C)c(-c2c(C)cc(N(c3ccccc3)C3C=CC=CC3)cc2C)c(C)c1)C(C=C)CC=C. The molecule has 0 aromatic heterocycles. The Kier molecular flexibility index (Phi) is 10.6. The number of anilines is 3. The third-order valence-electron chi connectivity index (χ3n) is 8.03. The van der Waals surface area contributed by atoms with Crippen LogP contribution >= 0.6 is 0 Å². The summed E-state index contributed by atoms with van der Waals surface area (Å²) in [7, 11) is 0. The maximum atomic E-state index is 4.13. The summed E-state index contributed by atoms with van der Waals surface area (Å²) in [5.41, 5.74) is 11.4. The topological polar surface area (TPSA) is 6.48 Å². The molecule has 0 fully saturated rings. The average molecular weight is 555 g/mol. The predicted molar refractivity (Wildman–Crippen MR) is 186 cm³/mol. The van der Waals surface area contributed by atoms with E-state index in [2.05, 4.69) is 148 Å². The van der Waals surface area contributed by atoms with Crippen molar-refractivity contribution < 1.29 is 0 Å². The van der Waals surface area contributed by atoms with Crippen LogP contribution in [-0.4, -0.2) is 12.1 Å². The van der Waals surface area contributed by atoms with Gasteiger partial charge in [-0.2, -0.15) is 0 Å². The van der Waals surface area contributed by atoms with Gasteiger partial charge in [-0.15, -0.1) is 19.7 Å². The van der Waals surface area contributed by atoms with Crippen LogP contribution in [0.25, 0.3) is 11.1 Å². The van der Waals surface area contributed by atoms with Crippen molar-refractivity contribution in [3.05, 3.63) is 151 Å². The van der Waals surface area contributed by atoms with Crippen LogP contribution in [0.3, 0.4) is 0 Å². The molecule has 0 amide bonds. The van der Waals surface area contributed by atoms with Crippen LogP contribution in [0.15, 0.2) is 129 Å². The lowest BCUT2D eigenvalue weighted by molar-refractivity contribution is 0.784. The molecule has 1 aliphatic rings. The number of aryl methyl sites for hydroxylation is 4. The lowest BCUT2D eigenvalue weighted by Crippen LogP contribution is -2.30. The number of allylic oxidation sites excluding steroid dienone is 4. The van der Waals surface area contributed by atoms with Gasteiger partial charge in [0, 0.05) is 23.3 Å². The lowest BCUT2D eigenvalue weighted by atomic mass is 9.88. The third kappa shape index (κ3) is 6.94. The Morgan fingerprint density at radius 1 is 0.762 bits per heavy atom. The molecule has 0 heterocycles. The molecule has 2 atom stereocenters. The normalized spacial score (nSPS) is 15.0. The fraction of sp³-hybridized carbons (Fsp3) is 0.250. The van der Waals surface area contributed by atoms with Crippen molar-refractivity contribution in [3.63, 3.8) is 0 Å². The first-order valence-electron chi connectivity index (χ1n) is 15.1. The number of nitrogens with zero attached hydrogens (tertiary/aromatic N) is 2. The van der Waals surface area contributed by atoms with Crippen LogP contribution in [0.2, 0.25) is 0 Å². The average Bonchev–Trinajstić information content (AvgIpc) is 2.98. The summed E-state index contributed by atoms with van der Waals surface area (Å²) < 4.78 is 0. The molecule has 0 spiro atoms. The predicted octanol–water partition coefficient (Wildman–Crippen LogP) is 11.0. The van der Waals surface area contributed by atoms with E-state index in [0.717, 1.165) is 25.7 Å². The molecule has 2 unspecified atom stereocenters. The number of unbranched alkanes of at least 4 members (excludes halogenated alkanes) is 1. The Bertz CT molecular complexity index is 1440. The van der Waals surface area contributed by atoms with Gasteiger partial charge in [-0.3, -0.25) is 0 Å². The van der Waals surface area contributed by atoms with E-state index in [9.17, 15) is 0 Å². The Labute approximate surface area is 254 Å². The summed E-state index contributed by atoms with van der Waals surface area (Å²) in [5.74, 6) is 0. The Morgan fingerprint density at radius 2 is 1.38 bits per heavy atom. The van der Waals surface area contributed by atoms with E-state index in [-0.39, 0.29) is 12.1 Å². The molecule has 0 saturated carbocycles. The summed E-state index contributed by atoms with van der Waals surface area (Å²) in [6.45, 7) is 21.0. The highest BCUT2D eigenvalue weighted by atomic mass is 15.2. The molecule has 0 saturated heterocycles. The molecule has 3 aromatic rings. The van der Waals surface area contributed by atoms with Gasteiger partial charge in [-0.25, -0.2) is 0 Å². The zero-order valence-corrected chi connectivity index (χ0v) is 25.9. The summed E-state index contributed by atoms with van der Waals surface area (Å²) in [5, 5.41) is 0. The summed E-state index contributed by atoms with van der Waals surface area (Å²) in [6.07, 6.45) is 23.0. The molecule has 0 radical (unpaired) electrons. The van der Waals surface area contributed by atoms with Gasteiger partial charge >= 0.3 is 0 Å². The van der Waals surface area contributed by atoms with Gasteiger partial charge in [0.25, 0.3) is 0 Å². The molecular weight excluding hydrogens is 508 g/mol. The second-order valence-electron chi connectivity index (χ2n) is 11.2. The van der Waals surface area contributed by atoms with Gasteiger partial charge in [-0.05, 0) is 123 Å². The van der Waals surface area contributed by atoms with E-state index >= 15 is 0 Å². The molecule has 0 aliphatic heterocycles. The number of hydrogen-bond donors (Lipinski definition) is 0. The van der Waals surface area contributed by atoms with E-state index in [0.29, 0.717) is 0 Å². The minimum atomic E-state index is 0.141. The van der Waals surface area contributed by atoms with Crippen molar-refractivity contribution in [1.29, 1.82) is 0 Å². The monoisotopic (exact) mass is 554 g/mol. The van der Waals surface area contributed by atoms with Gasteiger partial charge in [0.05, 0.1) is 12.1 Å². The number of rotatable bonds is 13. The van der Waals surface area contributed by atoms with Crippen molar-refractivity contribution >= 4 is 17.1 Å². The van der Waals surface area contributed by atoms with E-state index in [1.54, 1.807) is 0 Å². The number of hydrogen-bond acceptors (Lipinski definition) is 2. The summed E-state index contributed by atoms with van der Waals surface area (Å²) >= 11 is 0. The molecular formula is C40H46N2. The van der Waals surface area contributed by atoms with Crippen LogP contribution < -0.4 is 9.80 Å². The maximum absolute atomic E-state index is 4.13. The van der Waals surface area contributed by atoms with E-state index in [1.807, 2.05) is 18.2 Å². The molecule has 4 rings (SSSR count). The summed E-state index contributed by atoms with van der Waals surface area (Å²) in [6, 6.07) is 20.5. The Hall–Kier alpha value is -4.30. The van der Waals surface area contributed by atoms with Crippen molar-refractivity contribution in [2.24, 2.45) is 0 Å². The second-order valence-corrected chi connectivity index (χ2v) is 11.2. The first kappa shape index (κ1) is 30.7. The zero-order valence-electron chi connectivity index (χ0n) is 25.9. The lowest BCUT2D eigenvalue weighted by Gasteiger charge is -2.34. The van der Waals surface area contributed by atoms with Gasteiger partial charge in [0.15, 0.2) is 0 Å². The van der Waals surface area contributed by atoms with E-state index in [1.165, 1.54) is 50.4 Å². The third-order valence-corrected chi connectivity index (χ3v) is 8.03. The number of benzene rings is 3. The molecule has 2 nitrogen and oxygen atoms in total. The standard InChI is InChI=1S/C40H46N2/c1-8-11-12-19-25-41(34(10-3)20-9-2)37-26-30(4)39(31(5)27-37)40-32(6)28-38(29-33(40)7)42(35-21-15-13-16-22-35)36-23-17-14-18-24-36/h8-10,13-19,21-23,25-29,34,36H,1-3,11-12,20,24H2,4-7H3. The first-order valence-corrected chi connectivity index (χ1v) is 15.1. The van der Waals surface area contributed by atoms with Crippen molar-refractivity contribution in [1.82, 2.24) is 0 Å². The molecule has 0 bridgehead atoms. The van der Waals surface area contributed by atoms with Crippen LogP contribution in [-0.2, 0) is 0 Å². The largest absolute Gasteiger partial charge is 0.341 e. The van der Waals surface area contributed by atoms with Crippen LogP contribution in [0.4, 0.5) is 17.1 Å². The molecule has 216 valence electrons. The quantitative estimate of drug-likeness (QED) is 0.153. The van der Waals surface area contributed by atoms with E-state index in [4.69, 9.17) is 0 Å². The highest BCUT2D eigenvalue weighted by molar-refractivity contribution is 5.82. The van der Waals surface area contributed by atoms with Crippen molar-refractivity contribution in [2.45, 2.75) is 65.5 Å². The molecule has 0 N–H and O–H groups in total. The second kappa shape index (κ2) is 14.5. The minimum absolute atomic E-state index is 0.141. The Balaban J connectivity index is 1.77. The summed E-state index contributed by atoms with van der Waals surface area (Å²) in [4.78, 5) is 4.80. The van der Waals surface area contributed by atoms with Gasteiger partial charge in [-0.1, -0.05) is 66.8 Å². The molecule has 42 heavy (non-hydrogen) atoms. The first-order chi connectivity index (χ1) is 20.4. The fourth-order valence-electron chi connectivity index (χ4n) is 6.12. The highest BCUT2D eigenvalue weighted by Gasteiger charge is 2.22. The zero-order chi connectivity index (χ0) is 30.1. The Morgan fingerprint density at radius 3 is 1.90 bits per heavy atom. The van der Waals surface area contributed by atoms with Crippen molar-refractivity contribution in [2.75, 3.05) is 9.80 Å². The van der Waals surface area contributed by atoms with Crippen LogP contribution in [0, 0.1) is 27.7 Å². The van der Waals surface area contributed by atoms with Gasteiger partial charge < -0.3 is 9.80 Å². The van der Waals surface area contributed by atoms with Gasteiger partial charge in [0.2, 0.25) is 0 Å². The molecule has 3 aromatic carbocycles. The van der Waals surface area contributed by atoms with Gasteiger partial charge in [0.1, 0.15) is 0 Å². The maximum Gasteiger partial charge on any atom is 0.0559 e. The fourth-order valence-corrected chi connectivity index (χ4v) is 6.12. The minimum Gasteiger partial charge on any atom is -0.341 e. The smallest absolute Gasteiger partial charge is 0.0559 e. The number of para-hydroxylation sites is 1. The van der Waals surface area contributed by atoms with E-state index < -0.39 is 0 Å². The van der Waals surface area contributed by atoms with Crippen LogP contribution in [0.5, 0.6) is 0 Å². The van der Waals surface area contributed by atoms with Crippen molar-refractivity contribution in [3.8, 4) is 11.1 Å². The molecule has 2 heteroatoms. The van der Waals surface area contributed by atoms with Crippen LogP contribution in [0.1, 0.15) is 47.9 Å².